The van der Waals surface area contributed by atoms with Crippen molar-refractivity contribution in [2.45, 2.75) is 34.6 Å². The van der Waals surface area contributed by atoms with Gasteiger partial charge in [-0.1, -0.05) is 13.8 Å². The van der Waals surface area contributed by atoms with Crippen LogP contribution in [0.25, 0.3) is 0 Å². The number of aromatic amines is 1. The molecule has 1 N–H and O–H groups in total. The van der Waals surface area contributed by atoms with Crippen LogP contribution in [0.4, 0.5) is 0 Å². The number of hydrogen-bond donors (Lipinski definition) is 1. The molecule has 0 radical (unpaired) electrons. The van der Waals surface area contributed by atoms with E-state index in [9.17, 15) is 9.59 Å². The molecule has 0 spiro atoms. The molecule has 0 saturated heterocycles. The second kappa shape index (κ2) is 6.41. The third-order valence-corrected chi connectivity index (χ3v) is 2.67. The van der Waals surface area contributed by atoms with Gasteiger partial charge in [-0.15, -0.1) is 0 Å². The van der Waals surface area contributed by atoms with E-state index in [1.807, 2.05) is 13.8 Å². The van der Waals surface area contributed by atoms with E-state index in [1.165, 1.54) is 0 Å². The number of aryl methyl sites for hydroxylation is 1. The number of aromatic nitrogens is 1. The minimum atomic E-state index is -0.440. The molecule has 1 heterocycles. The Bertz CT molecular complexity index is 474. The second-order valence-electron chi connectivity index (χ2n) is 4.84. The maximum Gasteiger partial charge on any atom is 0.355 e. The Morgan fingerprint density at radius 2 is 1.79 bits per heavy atom. The topological polar surface area (TPSA) is 68.4 Å². The van der Waals surface area contributed by atoms with Gasteiger partial charge in [0.2, 0.25) is 0 Å². The molecule has 0 unspecified atom stereocenters. The van der Waals surface area contributed by atoms with E-state index in [4.69, 9.17) is 9.47 Å². The van der Waals surface area contributed by atoms with E-state index in [-0.39, 0.29) is 5.92 Å². The standard InChI is InChI=1S/C14H21NO4/c1-6-18-13(16)11-9(4)12(15-10(11)5)14(17)19-7-8(2)3/h8,15H,6-7H2,1-5H3. The molecule has 5 nitrogen and oxygen atoms in total. The van der Waals surface area contributed by atoms with Crippen LogP contribution in [0.3, 0.4) is 0 Å². The zero-order valence-electron chi connectivity index (χ0n) is 12.1. The molecule has 1 rings (SSSR count). The summed E-state index contributed by atoms with van der Waals surface area (Å²) in [6.45, 7) is 9.77. The first kappa shape index (κ1) is 15.3. The lowest BCUT2D eigenvalue weighted by atomic mass is 10.1. The number of ether oxygens (including phenoxy) is 2. The van der Waals surface area contributed by atoms with Crippen molar-refractivity contribution >= 4 is 11.9 Å². The molecule has 5 heteroatoms. The SMILES string of the molecule is CCOC(=O)c1c(C)[nH]c(C(=O)OCC(C)C)c1C. The Kier molecular flexibility index (Phi) is 5.15. The van der Waals surface area contributed by atoms with Crippen LogP contribution in [0.5, 0.6) is 0 Å². The summed E-state index contributed by atoms with van der Waals surface area (Å²) in [5, 5.41) is 0. The molecule has 0 atom stereocenters. The summed E-state index contributed by atoms with van der Waals surface area (Å²) in [4.78, 5) is 26.6. The Labute approximate surface area is 113 Å². The molecule has 0 aliphatic rings. The van der Waals surface area contributed by atoms with Crippen molar-refractivity contribution in [3.63, 3.8) is 0 Å². The van der Waals surface area contributed by atoms with Crippen LogP contribution in [0.1, 0.15) is 52.9 Å². The first-order valence-electron chi connectivity index (χ1n) is 6.41. The van der Waals surface area contributed by atoms with Crippen LogP contribution in [-0.2, 0) is 9.47 Å². The highest BCUT2D eigenvalue weighted by Gasteiger charge is 2.23. The molecule has 0 bridgehead atoms. The third-order valence-electron chi connectivity index (χ3n) is 2.67. The van der Waals surface area contributed by atoms with E-state index in [2.05, 4.69) is 4.98 Å². The van der Waals surface area contributed by atoms with Crippen molar-refractivity contribution in [2.75, 3.05) is 13.2 Å². The molecule has 1 aromatic rings. The quantitative estimate of drug-likeness (QED) is 0.833. The van der Waals surface area contributed by atoms with Gasteiger partial charge in [-0.2, -0.15) is 0 Å². The molecule has 0 amide bonds. The molecular formula is C14H21NO4. The number of H-pyrrole nitrogens is 1. The maximum atomic E-state index is 11.9. The number of rotatable bonds is 5. The van der Waals surface area contributed by atoms with E-state index < -0.39 is 11.9 Å². The third kappa shape index (κ3) is 3.59. The van der Waals surface area contributed by atoms with Crippen LogP contribution >= 0.6 is 0 Å². The van der Waals surface area contributed by atoms with E-state index >= 15 is 0 Å². The van der Waals surface area contributed by atoms with Gasteiger partial charge in [-0.25, -0.2) is 9.59 Å². The largest absolute Gasteiger partial charge is 0.462 e. The fraction of sp³-hybridized carbons (Fsp3) is 0.571. The second-order valence-corrected chi connectivity index (χ2v) is 4.84. The van der Waals surface area contributed by atoms with Gasteiger partial charge < -0.3 is 14.5 Å². The Hall–Kier alpha value is -1.78. The number of nitrogens with one attached hydrogen (secondary N) is 1. The summed E-state index contributed by atoms with van der Waals surface area (Å²) in [6.07, 6.45) is 0. The summed E-state index contributed by atoms with van der Waals surface area (Å²) in [5.41, 5.74) is 1.93. The normalized spacial score (nSPS) is 10.6. The van der Waals surface area contributed by atoms with Gasteiger partial charge in [0.05, 0.1) is 18.8 Å². The molecule has 0 aliphatic heterocycles. The van der Waals surface area contributed by atoms with Crippen LogP contribution < -0.4 is 0 Å². The lowest BCUT2D eigenvalue weighted by Gasteiger charge is -2.06. The maximum absolute atomic E-state index is 11.9. The molecule has 0 saturated carbocycles. The van der Waals surface area contributed by atoms with Crippen LogP contribution in [-0.4, -0.2) is 30.1 Å². The molecule has 19 heavy (non-hydrogen) atoms. The van der Waals surface area contributed by atoms with Crippen molar-refractivity contribution in [3.05, 3.63) is 22.5 Å². The summed E-state index contributed by atoms with van der Waals surface area (Å²) < 4.78 is 10.1. The van der Waals surface area contributed by atoms with Gasteiger partial charge in [0.15, 0.2) is 0 Å². The molecule has 1 aromatic heterocycles. The molecule has 0 fully saturated rings. The zero-order chi connectivity index (χ0) is 14.6. The lowest BCUT2D eigenvalue weighted by Crippen LogP contribution is -2.12. The van der Waals surface area contributed by atoms with Crippen molar-refractivity contribution in [2.24, 2.45) is 5.92 Å². The van der Waals surface area contributed by atoms with Gasteiger partial charge in [-0.3, -0.25) is 0 Å². The van der Waals surface area contributed by atoms with Gasteiger partial charge in [0, 0.05) is 5.69 Å². The van der Waals surface area contributed by atoms with E-state index in [0.29, 0.717) is 35.7 Å². The molecule has 0 aliphatic carbocycles. The molecule has 0 aromatic carbocycles. The minimum absolute atomic E-state index is 0.268. The summed E-state index contributed by atoms with van der Waals surface area (Å²) >= 11 is 0. The predicted octanol–water partition coefficient (Wildman–Crippen LogP) is 2.62. The monoisotopic (exact) mass is 267 g/mol. The zero-order valence-corrected chi connectivity index (χ0v) is 12.1. The van der Waals surface area contributed by atoms with Gasteiger partial charge >= 0.3 is 11.9 Å². The number of hydrogen-bond acceptors (Lipinski definition) is 4. The van der Waals surface area contributed by atoms with Gasteiger partial charge in [-0.05, 0) is 32.3 Å². The average Bonchev–Trinajstić information content (AvgIpc) is 2.62. The van der Waals surface area contributed by atoms with E-state index in [0.717, 1.165) is 0 Å². The van der Waals surface area contributed by atoms with Gasteiger partial charge in [0.1, 0.15) is 5.69 Å². The first-order chi connectivity index (χ1) is 8.88. The number of esters is 2. The Balaban J connectivity index is 2.96. The summed E-state index contributed by atoms with van der Waals surface area (Å²) in [5.74, 6) is -0.591. The highest BCUT2D eigenvalue weighted by molar-refractivity contribution is 5.98. The summed E-state index contributed by atoms with van der Waals surface area (Å²) in [7, 11) is 0. The average molecular weight is 267 g/mol. The fourth-order valence-electron chi connectivity index (χ4n) is 1.78. The van der Waals surface area contributed by atoms with Crippen molar-refractivity contribution < 1.29 is 19.1 Å². The fourth-order valence-corrected chi connectivity index (χ4v) is 1.78. The van der Waals surface area contributed by atoms with Crippen LogP contribution in [0.15, 0.2) is 0 Å². The van der Waals surface area contributed by atoms with Crippen molar-refractivity contribution in [1.82, 2.24) is 4.98 Å². The lowest BCUT2D eigenvalue weighted by molar-refractivity contribution is 0.0452. The molecule has 106 valence electrons. The number of carbonyl (C=O) groups excluding carboxylic acids is 2. The van der Waals surface area contributed by atoms with Crippen molar-refractivity contribution in [3.8, 4) is 0 Å². The van der Waals surface area contributed by atoms with Gasteiger partial charge in [0.25, 0.3) is 0 Å². The van der Waals surface area contributed by atoms with Crippen molar-refractivity contribution in [1.29, 1.82) is 0 Å². The predicted molar refractivity (Wildman–Crippen MR) is 71.3 cm³/mol. The summed E-state index contributed by atoms with van der Waals surface area (Å²) in [6, 6.07) is 0. The Morgan fingerprint density at radius 1 is 1.16 bits per heavy atom. The minimum Gasteiger partial charge on any atom is -0.462 e. The first-order valence-corrected chi connectivity index (χ1v) is 6.41. The molecular weight excluding hydrogens is 246 g/mol. The number of carbonyl (C=O) groups is 2. The van der Waals surface area contributed by atoms with Crippen LogP contribution in [0, 0.1) is 19.8 Å². The highest BCUT2D eigenvalue weighted by atomic mass is 16.5. The highest BCUT2D eigenvalue weighted by Crippen LogP contribution is 2.20. The Morgan fingerprint density at radius 3 is 2.32 bits per heavy atom. The van der Waals surface area contributed by atoms with Crippen LogP contribution in [0.2, 0.25) is 0 Å². The smallest absolute Gasteiger partial charge is 0.355 e. The van der Waals surface area contributed by atoms with E-state index in [1.54, 1.807) is 20.8 Å².